The minimum Gasteiger partial charge on any atom is -0.289 e. The van der Waals surface area contributed by atoms with E-state index in [9.17, 15) is 30.4 Å². The molecule has 1 aromatic rings. The summed E-state index contributed by atoms with van der Waals surface area (Å²) in [6.07, 6.45) is 0. The van der Waals surface area contributed by atoms with Crippen LogP contribution >= 0.6 is 0 Å². The standard InChI is InChI=1S/C11H6F2O7S2/c1-4-9(11(21(15,16)17)22(18,19)20)5-2-7(12)8(13)3-6(5)10(4)14/h2-3H,1H2,(H,15,16,17)(H,18,19,20). The highest BCUT2D eigenvalue weighted by atomic mass is 32.3. The van der Waals surface area contributed by atoms with Crippen LogP contribution in [-0.2, 0) is 20.2 Å². The summed E-state index contributed by atoms with van der Waals surface area (Å²) in [5.41, 5.74) is -2.95. The number of carbonyl (C=O) groups excluding carboxylic acids is 1. The minimum atomic E-state index is -5.52. The SMILES string of the molecule is C=C1C(=O)c2cc(F)c(F)cc2C1=C(S(=O)(=O)O)S(=O)(=O)O. The van der Waals surface area contributed by atoms with E-state index in [1.807, 2.05) is 0 Å². The van der Waals surface area contributed by atoms with Crippen molar-refractivity contribution in [2.24, 2.45) is 0 Å². The Bertz CT molecular complexity index is 938. The summed E-state index contributed by atoms with van der Waals surface area (Å²) in [6, 6.07) is 0.795. The molecule has 0 aliphatic heterocycles. The molecule has 11 heteroatoms. The highest BCUT2D eigenvalue weighted by Gasteiger charge is 2.40. The molecule has 1 aliphatic rings. The van der Waals surface area contributed by atoms with E-state index in [2.05, 4.69) is 6.58 Å². The lowest BCUT2D eigenvalue weighted by molar-refractivity contribution is 0.104. The molecule has 7 nitrogen and oxygen atoms in total. The summed E-state index contributed by atoms with van der Waals surface area (Å²) in [4.78, 5) is 11.9. The van der Waals surface area contributed by atoms with Gasteiger partial charge >= 0.3 is 20.2 Å². The molecule has 0 unspecified atom stereocenters. The van der Waals surface area contributed by atoms with Gasteiger partial charge in [0.15, 0.2) is 17.4 Å². The van der Waals surface area contributed by atoms with Gasteiger partial charge in [-0.25, -0.2) is 8.78 Å². The molecule has 1 aromatic carbocycles. The first-order valence-corrected chi connectivity index (χ1v) is 8.16. The monoisotopic (exact) mass is 352 g/mol. The van der Waals surface area contributed by atoms with Crippen molar-refractivity contribution in [1.82, 2.24) is 0 Å². The highest BCUT2D eigenvalue weighted by molar-refractivity contribution is 8.09. The fraction of sp³-hybridized carbons (Fsp3) is 0. The maximum absolute atomic E-state index is 13.3. The van der Waals surface area contributed by atoms with E-state index in [0.29, 0.717) is 12.1 Å². The first-order chi connectivity index (χ1) is 9.85. The molecule has 0 atom stereocenters. The Kier molecular flexibility index (Phi) is 3.56. The van der Waals surface area contributed by atoms with Crippen LogP contribution in [0.2, 0.25) is 0 Å². The molecule has 22 heavy (non-hydrogen) atoms. The van der Waals surface area contributed by atoms with Crippen molar-refractivity contribution >= 4 is 31.6 Å². The maximum Gasteiger partial charge on any atom is 0.308 e. The van der Waals surface area contributed by atoms with Crippen LogP contribution < -0.4 is 0 Å². The normalized spacial score (nSPS) is 15.2. The van der Waals surface area contributed by atoms with Crippen molar-refractivity contribution in [2.45, 2.75) is 0 Å². The summed E-state index contributed by atoms with van der Waals surface area (Å²) in [7, 11) is -11.0. The number of hydrogen-bond acceptors (Lipinski definition) is 5. The van der Waals surface area contributed by atoms with Crippen molar-refractivity contribution in [2.75, 3.05) is 0 Å². The maximum atomic E-state index is 13.3. The molecule has 1 aliphatic carbocycles. The Labute approximate surface area is 123 Å². The Morgan fingerprint density at radius 3 is 1.77 bits per heavy atom. The number of fused-ring (bicyclic) bond motifs is 1. The molecule has 0 heterocycles. The van der Waals surface area contributed by atoms with Crippen LogP contribution in [0.25, 0.3) is 5.57 Å². The van der Waals surface area contributed by atoms with E-state index in [1.165, 1.54) is 0 Å². The number of hydrogen-bond donors (Lipinski definition) is 2. The molecule has 0 amide bonds. The molecule has 0 fully saturated rings. The van der Waals surface area contributed by atoms with E-state index >= 15 is 0 Å². The van der Waals surface area contributed by atoms with Crippen molar-refractivity contribution in [3.8, 4) is 0 Å². The smallest absolute Gasteiger partial charge is 0.289 e. The molecular formula is C11H6F2O7S2. The van der Waals surface area contributed by atoms with Crippen LogP contribution in [0.3, 0.4) is 0 Å². The number of allylic oxidation sites excluding steroid dienone is 2. The Morgan fingerprint density at radius 1 is 0.955 bits per heavy atom. The molecule has 0 aromatic heterocycles. The topological polar surface area (TPSA) is 126 Å². The largest absolute Gasteiger partial charge is 0.308 e. The first-order valence-electron chi connectivity index (χ1n) is 5.28. The van der Waals surface area contributed by atoms with Gasteiger partial charge in [0.2, 0.25) is 4.24 Å². The van der Waals surface area contributed by atoms with E-state index < -0.39 is 64.2 Å². The third-order valence-corrected chi connectivity index (χ3v) is 5.43. The van der Waals surface area contributed by atoms with Gasteiger partial charge in [0.25, 0.3) is 0 Å². The molecule has 118 valence electrons. The zero-order chi connectivity index (χ0) is 17.0. The number of Topliss-reactive ketones (excluding diaryl/α,β-unsaturated/α-hetero) is 1. The van der Waals surface area contributed by atoms with Crippen LogP contribution in [0.1, 0.15) is 15.9 Å². The van der Waals surface area contributed by atoms with Gasteiger partial charge in [0, 0.05) is 16.7 Å². The fourth-order valence-electron chi connectivity index (χ4n) is 2.00. The van der Waals surface area contributed by atoms with Gasteiger partial charge in [-0.3, -0.25) is 13.9 Å². The van der Waals surface area contributed by atoms with Gasteiger partial charge in [-0.1, -0.05) is 6.58 Å². The first kappa shape index (κ1) is 16.4. The van der Waals surface area contributed by atoms with Crippen LogP contribution in [0.15, 0.2) is 28.5 Å². The summed E-state index contributed by atoms with van der Waals surface area (Å²) in [5, 5.41) is 0. The second kappa shape index (κ2) is 4.78. The Morgan fingerprint density at radius 2 is 1.36 bits per heavy atom. The van der Waals surface area contributed by atoms with E-state index in [0.717, 1.165) is 0 Å². The number of ketones is 1. The van der Waals surface area contributed by atoms with Crippen LogP contribution in [-0.4, -0.2) is 31.7 Å². The molecule has 0 saturated heterocycles. The summed E-state index contributed by atoms with van der Waals surface area (Å²) < 4.78 is 87.4. The molecule has 2 N–H and O–H groups in total. The van der Waals surface area contributed by atoms with Gasteiger partial charge < -0.3 is 0 Å². The quantitative estimate of drug-likeness (QED) is 0.604. The Balaban J connectivity index is 3.07. The number of halogens is 2. The molecular weight excluding hydrogens is 346 g/mol. The zero-order valence-electron chi connectivity index (χ0n) is 10.4. The number of carbonyl (C=O) groups is 1. The van der Waals surface area contributed by atoms with Crippen LogP contribution in [0.5, 0.6) is 0 Å². The summed E-state index contributed by atoms with van der Waals surface area (Å²) >= 11 is 0. The van der Waals surface area contributed by atoms with E-state index in [4.69, 9.17) is 9.11 Å². The lowest BCUT2D eigenvalue weighted by Gasteiger charge is -2.07. The van der Waals surface area contributed by atoms with Gasteiger partial charge in [0.1, 0.15) is 0 Å². The average Bonchev–Trinajstić information content (AvgIpc) is 2.53. The minimum absolute atomic E-state index is 0.368. The molecule has 0 bridgehead atoms. The van der Waals surface area contributed by atoms with Crippen molar-refractivity contribution in [1.29, 1.82) is 0 Å². The van der Waals surface area contributed by atoms with Crippen LogP contribution in [0, 0.1) is 11.6 Å². The van der Waals surface area contributed by atoms with Crippen molar-refractivity contribution < 1.29 is 39.5 Å². The lowest BCUT2D eigenvalue weighted by Crippen LogP contribution is -2.15. The predicted molar refractivity (Wildman–Crippen MR) is 69.8 cm³/mol. The molecule has 0 radical (unpaired) electrons. The molecule has 0 saturated carbocycles. The van der Waals surface area contributed by atoms with Crippen molar-refractivity contribution in [3.05, 3.63) is 51.3 Å². The zero-order valence-corrected chi connectivity index (χ0v) is 12.0. The third kappa shape index (κ3) is 2.47. The number of rotatable bonds is 2. The van der Waals surface area contributed by atoms with Gasteiger partial charge in [0.05, 0.1) is 0 Å². The third-order valence-electron chi connectivity index (χ3n) is 2.82. The predicted octanol–water partition coefficient (Wildman–Crippen LogP) is 1.16. The van der Waals surface area contributed by atoms with E-state index in [1.54, 1.807) is 0 Å². The number of benzene rings is 1. The van der Waals surface area contributed by atoms with Gasteiger partial charge in [-0.2, -0.15) is 16.8 Å². The summed E-state index contributed by atoms with van der Waals surface area (Å²) in [6.45, 7) is 3.14. The lowest BCUT2D eigenvalue weighted by atomic mass is 10.1. The second-order valence-electron chi connectivity index (χ2n) is 4.23. The average molecular weight is 352 g/mol. The molecule has 0 spiro atoms. The Hall–Kier alpha value is -1.95. The van der Waals surface area contributed by atoms with Crippen LogP contribution in [0.4, 0.5) is 8.78 Å². The van der Waals surface area contributed by atoms with Gasteiger partial charge in [-0.05, 0) is 17.7 Å². The fourth-order valence-corrected chi connectivity index (χ4v) is 4.05. The molecule has 2 rings (SSSR count). The highest BCUT2D eigenvalue weighted by Crippen LogP contribution is 2.41. The second-order valence-corrected chi connectivity index (χ2v) is 7.21. The van der Waals surface area contributed by atoms with E-state index in [-0.39, 0.29) is 0 Å². The van der Waals surface area contributed by atoms with Gasteiger partial charge in [-0.15, -0.1) is 0 Å². The summed E-state index contributed by atoms with van der Waals surface area (Å²) in [5.74, 6) is -4.00. The van der Waals surface area contributed by atoms with Crippen molar-refractivity contribution in [3.63, 3.8) is 0 Å².